The number of aryl methyl sites for hydroxylation is 1. The van der Waals surface area contributed by atoms with Crippen LogP contribution in [0.3, 0.4) is 0 Å². The Labute approximate surface area is 88.6 Å². The second-order valence-electron chi connectivity index (χ2n) is 3.24. The van der Waals surface area contributed by atoms with Gasteiger partial charge in [0.1, 0.15) is 0 Å². The predicted molar refractivity (Wildman–Crippen MR) is 60.0 cm³/mol. The largest absolute Gasteiger partial charge is 0.399 e. The molecular formula is C12H11N3. The van der Waals surface area contributed by atoms with Gasteiger partial charge in [0.05, 0.1) is 0 Å². The third-order valence-electron chi connectivity index (χ3n) is 2.03. The summed E-state index contributed by atoms with van der Waals surface area (Å²) >= 11 is 0. The molecule has 0 aliphatic heterocycles. The van der Waals surface area contributed by atoms with Gasteiger partial charge in [0.2, 0.25) is 0 Å². The van der Waals surface area contributed by atoms with E-state index in [0.29, 0.717) is 0 Å². The number of anilines is 1. The molecule has 0 atom stereocenters. The number of imidazole rings is 1. The highest BCUT2D eigenvalue weighted by Crippen LogP contribution is 2.04. The van der Waals surface area contributed by atoms with E-state index in [-0.39, 0.29) is 0 Å². The summed E-state index contributed by atoms with van der Waals surface area (Å²) in [5.74, 6) is 6.75. The predicted octanol–water partition coefficient (Wildman–Crippen LogP) is 1.40. The second-order valence-corrected chi connectivity index (χ2v) is 3.24. The lowest BCUT2D eigenvalue weighted by molar-refractivity contribution is 0.893. The summed E-state index contributed by atoms with van der Waals surface area (Å²) in [7, 11) is 1.91. The number of aromatic nitrogens is 2. The molecule has 0 saturated carbocycles. The van der Waals surface area contributed by atoms with Crippen LogP contribution in [0, 0.1) is 11.8 Å². The SMILES string of the molecule is Cn1ccnc1C#Cc1cccc(N)c1. The molecule has 2 N–H and O–H groups in total. The van der Waals surface area contributed by atoms with Crippen molar-refractivity contribution < 1.29 is 0 Å². The van der Waals surface area contributed by atoms with Crippen LogP contribution in [0.4, 0.5) is 5.69 Å². The van der Waals surface area contributed by atoms with Crippen molar-refractivity contribution in [2.45, 2.75) is 0 Å². The van der Waals surface area contributed by atoms with Crippen LogP contribution in [0.25, 0.3) is 0 Å². The Morgan fingerprint density at radius 2 is 2.20 bits per heavy atom. The first-order chi connectivity index (χ1) is 7.25. The monoisotopic (exact) mass is 197 g/mol. The van der Waals surface area contributed by atoms with Gasteiger partial charge in [-0.25, -0.2) is 4.98 Å². The molecule has 0 bridgehead atoms. The Balaban J connectivity index is 2.30. The van der Waals surface area contributed by atoms with Crippen LogP contribution in [-0.2, 0) is 7.05 Å². The standard InChI is InChI=1S/C12H11N3/c1-15-8-7-14-12(15)6-5-10-3-2-4-11(13)9-10/h2-4,7-9H,13H2,1H3. The number of nitrogens with zero attached hydrogens (tertiary/aromatic N) is 2. The molecule has 0 radical (unpaired) electrons. The van der Waals surface area contributed by atoms with Crippen molar-refractivity contribution in [1.82, 2.24) is 9.55 Å². The average molecular weight is 197 g/mol. The molecule has 0 fully saturated rings. The van der Waals surface area contributed by atoms with Gasteiger partial charge in [-0.1, -0.05) is 12.0 Å². The van der Waals surface area contributed by atoms with Crippen molar-refractivity contribution in [3.05, 3.63) is 48.0 Å². The molecule has 2 aromatic rings. The lowest BCUT2D eigenvalue weighted by Gasteiger charge is -1.93. The van der Waals surface area contributed by atoms with E-state index in [9.17, 15) is 0 Å². The molecule has 1 heterocycles. The van der Waals surface area contributed by atoms with Gasteiger partial charge in [-0.2, -0.15) is 0 Å². The zero-order chi connectivity index (χ0) is 10.7. The number of nitrogens with two attached hydrogens (primary N) is 1. The zero-order valence-electron chi connectivity index (χ0n) is 8.44. The van der Waals surface area contributed by atoms with Gasteiger partial charge in [0.25, 0.3) is 0 Å². The molecule has 15 heavy (non-hydrogen) atoms. The van der Waals surface area contributed by atoms with E-state index in [0.717, 1.165) is 17.1 Å². The summed E-state index contributed by atoms with van der Waals surface area (Å²) in [6.07, 6.45) is 3.59. The number of nitrogen functional groups attached to an aromatic ring is 1. The third-order valence-corrected chi connectivity index (χ3v) is 2.03. The van der Waals surface area contributed by atoms with Crippen LogP contribution in [0.5, 0.6) is 0 Å². The first-order valence-electron chi connectivity index (χ1n) is 4.60. The Bertz CT molecular complexity index is 529. The maximum Gasteiger partial charge on any atom is 0.185 e. The van der Waals surface area contributed by atoms with Crippen molar-refractivity contribution in [1.29, 1.82) is 0 Å². The lowest BCUT2D eigenvalue weighted by Crippen LogP contribution is -1.90. The van der Waals surface area contributed by atoms with E-state index in [2.05, 4.69) is 16.8 Å². The molecule has 2 rings (SSSR count). The molecule has 3 heteroatoms. The molecule has 0 aliphatic rings. The first kappa shape index (κ1) is 9.35. The fraction of sp³-hybridized carbons (Fsp3) is 0.0833. The topological polar surface area (TPSA) is 43.8 Å². The van der Waals surface area contributed by atoms with E-state index in [1.807, 2.05) is 42.1 Å². The van der Waals surface area contributed by atoms with E-state index in [1.54, 1.807) is 6.20 Å². The summed E-state index contributed by atoms with van der Waals surface area (Å²) in [5, 5.41) is 0. The number of benzene rings is 1. The minimum Gasteiger partial charge on any atom is -0.399 e. The van der Waals surface area contributed by atoms with Crippen LogP contribution in [0.2, 0.25) is 0 Å². The summed E-state index contributed by atoms with van der Waals surface area (Å²) < 4.78 is 1.87. The average Bonchev–Trinajstić information content (AvgIpc) is 2.61. The Hall–Kier alpha value is -2.21. The van der Waals surface area contributed by atoms with Gasteiger partial charge >= 0.3 is 0 Å². The molecule has 0 aliphatic carbocycles. The van der Waals surface area contributed by atoms with E-state index in [4.69, 9.17) is 5.73 Å². The van der Waals surface area contributed by atoms with E-state index in [1.165, 1.54) is 0 Å². The maximum absolute atomic E-state index is 5.65. The number of hydrogen-bond acceptors (Lipinski definition) is 2. The zero-order valence-corrected chi connectivity index (χ0v) is 8.44. The molecule has 0 amide bonds. The van der Waals surface area contributed by atoms with Crippen LogP contribution < -0.4 is 5.73 Å². The molecule has 3 nitrogen and oxygen atoms in total. The minimum absolute atomic E-state index is 0.724. The van der Waals surface area contributed by atoms with Gasteiger partial charge in [-0.3, -0.25) is 0 Å². The molecule has 0 unspecified atom stereocenters. The van der Waals surface area contributed by atoms with Crippen LogP contribution in [0.15, 0.2) is 36.7 Å². The van der Waals surface area contributed by atoms with Gasteiger partial charge in [-0.15, -0.1) is 0 Å². The van der Waals surface area contributed by atoms with Gasteiger partial charge in [0, 0.05) is 30.7 Å². The molecule has 0 saturated heterocycles. The summed E-state index contributed by atoms with van der Waals surface area (Å²) in [4.78, 5) is 4.11. The highest BCUT2D eigenvalue weighted by Gasteiger charge is 1.92. The minimum atomic E-state index is 0.724. The Morgan fingerprint density at radius 1 is 1.33 bits per heavy atom. The Morgan fingerprint density at radius 3 is 2.87 bits per heavy atom. The van der Waals surface area contributed by atoms with Crippen molar-refractivity contribution in [3.63, 3.8) is 0 Å². The molecule has 74 valence electrons. The van der Waals surface area contributed by atoms with Gasteiger partial charge in [0.15, 0.2) is 5.82 Å². The lowest BCUT2D eigenvalue weighted by atomic mass is 10.2. The normalized spacial score (nSPS) is 9.40. The van der Waals surface area contributed by atoms with E-state index < -0.39 is 0 Å². The summed E-state index contributed by atoms with van der Waals surface area (Å²) in [5.41, 5.74) is 7.27. The fourth-order valence-electron chi connectivity index (χ4n) is 1.23. The van der Waals surface area contributed by atoms with Crippen molar-refractivity contribution in [3.8, 4) is 11.8 Å². The molecular weight excluding hydrogens is 186 g/mol. The van der Waals surface area contributed by atoms with Crippen LogP contribution in [-0.4, -0.2) is 9.55 Å². The Kier molecular flexibility index (Phi) is 2.42. The fourth-order valence-corrected chi connectivity index (χ4v) is 1.23. The molecule has 1 aromatic carbocycles. The highest BCUT2D eigenvalue weighted by molar-refractivity contribution is 5.48. The number of rotatable bonds is 0. The van der Waals surface area contributed by atoms with Crippen molar-refractivity contribution in [2.24, 2.45) is 7.05 Å². The van der Waals surface area contributed by atoms with Gasteiger partial charge < -0.3 is 10.3 Å². The quantitative estimate of drug-likeness (QED) is 0.512. The smallest absolute Gasteiger partial charge is 0.185 e. The van der Waals surface area contributed by atoms with Crippen LogP contribution in [0.1, 0.15) is 11.4 Å². The summed E-state index contributed by atoms with van der Waals surface area (Å²) in [6.45, 7) is 0. The van der Waals surface area contributed by atoms with Gasteiger partial charge in [-0.05, 0) is 24.1 Å². The molecule has 1 aromatic heterocycles. The van der Waals surface area contributed by atoms with Crippen molar-refractivity contribution >= 4 is 5.69 Å². The number of hydrogen-bond donors (Lipinski definition) is 1. The van der Waals surface area contributed by atoms with Crippen molar-refractivity contribution in [2.75, 3.05) is 5.73 Å². The third kappa shape index (κ3) is 2.18. The molecule has 0 spiro atoms. The van der Waals surface area contributed by atoms with Crippen LogP contribution >= 0.6 is 0 Å². The first-order valence-corrected chi connectivity index (χ1v) is 4.60. The second kappa shape index (κ2) is 3.89. The highest BCUT2D eigenvalue weighted by atomic mass is 15.0. The van der Waals surface area contributed by atoms with E-state index >= 15 is 0 Å². The maximum atomic E-state index is 5.65. The summed E-state index contributed by atoms with van der Waals surface area (Å²) in [6, 6.07) is 7.49.